The molecule has 0 aliphatic carbocycles. The van der Waals surface area contributed by atoms with Gasteiger partial charge in [0.1, 0.15) is 11.6 Å². The molecular formula is C76H110Cl2N14O3. The Bertz CT molecular complexity index is 3390. The molecule has 0 saturated carbocycles. The van der Waals surface area contributed by atoms with Crippen LogP contribution in [0.25, 0.3) is 32.9 Å². The molecule has 516 valence electrons. The van der Waals surface area contributed by atoms with Gasteiger partial charge in [0, 0.05) is 147 Å². The lowest BCUT2D eigenvalue weighted by molar-refractivity contribution is 0.350. The quantitative estimate of drug-likeness (QED) is 0.0772. The summed E-state index contributed by atoms with van der Waals surface area (Å²) < 4.78 is 18.0. The fourth-order valence-electron chi connectivity index (χ4n) is 15.7. The third kappa shape index (κ3) is 18.5. The number of hydrogen-bond acceptors (Lipinski definition) is 17. The van der Waals surface area contributed by atoms with Crippen LogP contribution >= 0.6 is 24.8 Å². The summed E-state index contributed by atoms with van der Waals surface area (Å²) in [5, 5.41) is 20.7. The van der Waals surface area contributed by atoms with E-state index in [0.717, 1.165) is 181 Å². The summed E-state index contributed by atoms with van der Waals surface area (Å²) in [4.78, 5) is 28.2. The normalized spacial score (nSPS) is 17.9. The van der Waals surface area contributed by atoms with Crippen LogP contribution < -0.4 is 29.8 Å². The molecule has 5 aromatic heterocycles. The van der Waals surface area contributed by atoms with Crippen molar-refractivity contribution in [1.29, 1.82) is 0 Å². The van der Waals surface area contributed by atoms with Crippen molar-refractivity contribution in [2.75, 3.05) is 145 Å². The average molecular weight is 1340 g/mol. The van der Waals surface area contributed by atoms with Crippen molar-refractivity contribution in [2.24, 2.45) is 17.8 Å². The summed E-state index contributed by atoms with van der Waals surface area (Å²) in [6.07, 6.45) is 29.6. The molecule has 14 rings (SSSR count). The van der Waals surface area contributed by atoms with Crippen molar-refractivity contribution >= 4 is 86.4 Å². The number of anilines is 5. The van der Waals surface area contributed by atoms with Gasteiger partial charge in [0.05, 0.1) is 17.1 Å². The summed E-state index contributed by atoms with van der Waals surface area (Å²) in [7, 11) is 12.8. The second kappa shape index (κ2) is 35.3. The molecule has 0 bridgehead atoms. The summed E-state index contributed by atoms with van der Waals surface area (Å²) in [5.41, 5.74) is 14.3. The Morgan fingerprint density at radius 1 is 0.379 bits per heavy atom. The van der Waals surface area contributed by atoms with Crippen LogP contribution in [0.1, 0.15) is 149 Å². The maximum absolute atomic E-state index is 6.01. The minimum atomic E-state index is 0. The standard InChI is InChI=1S/2C27H37N5O.C22H34N4O.2ClH/c2*1-30(2)20-23-25(31-16-6-3-7-17-31)12-10-22-24(29-33-27(22)23)11-9-21-13-18-32(19-14-21)26-8-4-5-15-28-26;1-25(2)16-19-21(26-14-4-3-5-15-26)9-7-18-20(24-27-22(18)19)8-6-17-10-12-23-13-11-17;;/h2*4-5,8,10,12,15,21H,3,6-7,9,11,13-14,16-20H2,1-2H3;7,9,17,23H,3-6,8,10-16H2,1-2H3;2*1H. The molecule has 17 nitrogen and oxygen atoms in total. The Balaban J connectivity index is 0.000000155. The Morgan fingerprint density at radius 3 is 0.989 bits per heavy atom. The molecule has 95 heavy (non-hydrogen) atoms. The van der Waals surface area contributed by atoms with E-state index >= 15 is 0 Å². The highest BCUT2D eigenvalue weighted by Gasteiger charge is 2.28. The van der Waals surface area contributed by atoms with Gasteiger partial charge in [0.15, 0.2) is 16.7 Å². The molecule has 6 aliphatic rings. The van der Waals surface area contributed by atoms with E-state index in [0.29, 0.717) is 0 Å². The van der Waals surface area contributed by atoms with Crippen molar-refractivity contribution in [3.63, 3.8) is 0 Å². The van der Waals surface area contributed by atoms with Gasteiger partial charge in [-0.05, 0) is 269 Å². The van der Waals surface area contributed by atoms with Gasteiger partial charge in [-0.3, -0.25) is 0 Å². The highest BCUT2D eigenvalue weighted by atomic mass is 35.5. The number of benzene rings is 3. The Labute approximate surface area is 578 Å². The summed E-state index contributed by atoms with van der Waals surface area (Å²) in [6, 6.07) is 26.1. The molecular weight excluding hydrogens is 1230 g/mol. The number of rotatable bonds is 20. The van der Waals surface area contributed by atoms with Gasteiger partial charge in [0.25, 0.3) is 0 Å². The molecule has 6 aliphatic heterocycles. The van der Waals surface area contributed by atoms with E-state index in [1.54, 1.807) is 0 Å². The van der Waals surface area contributed by atoms with Crippen molar-refractivity contribution < 1.29 is 13.6 Å². The van der Waals surface area contributed by atoms with Crippen molar-refractivity contribution in [2.45, 2.75) is 154 Å². The fourth-order valence-corrected chi connectivity index (χ4v) is 15.7. The summed E-state index contributed by atoms with van der Waals surface area (Å²) in [6.45, 7) is 16.2. The zero-order valence-corrected chi connectivity index (χ0v) is 59.8. The predicted molar refractivity (Wildman–Crippen MR) is 396 cm³/mol. The van der Waals surface area contributed by atoms with Gasteiger partial charge in [0.2, 0.25) is 0 Å². The topological polar surface area (TPSA) is 142 Å². The average Bonchev–Trinajstić information content (AvgIpc) is 1.71. The first-order chi connectivity index (χ1) is 45.6. The van der Waals surface area contributed by atoms with Crippen molar-refractivity contribution in [3.05, 3.63) is 119 Å². The lowest BCUT2D eigenvalue weighted by Gasteiger charge is -2.32. The Hall–Kier alpha value is -6.21. The van der Waals surface area contributed by atoms with Crippen LogP contribution in [-0.2, 0) is 38.9 Å². The van der Waals surface area contributed by atoms with Gasteiger partial charge in [-0.15, -0.1) is 24.8 Å². The minimum Gasteiger partial charge on any atom is -0.371 e. The molecule has 1 N–H and O–H groups in total. The van der Waals surface area contributed by atoms with Gasteiger partial charge in [-0.1, -0.05) is 27.6 Å². The number of nitrogens with one attached hydrogen (secondary N) is 1. The largest absolute Gasteiger partial charge is 0.371 e. The fraction of sp³-hybridized carbons (Fsp3) is 0.592. The predicted octanol–water partition coefficient (Wildman–Crippen LogP) is 14.9. The highest BCUT2D eigenvalue weighted by Crippen LogP contribution is 2.39. The van der Waals surface area contributed by atoms with E-state index in [1.807, 2.05) is 24.5 Å². The van der Waals surface area contributed by atoms with Crippen LogP contribution in [0.2, 0.25) is 0 Å². The molecule has 8 aromatic rings. The van der Waals surface area contributed by atoms with Gasteiger partial charge in [-0.25, -0.2) is 9.97 Å². The maximum atomic E-state index is 6.01. The van der Waals surface area contributed by atoms with Crippen LogP contribution in [0.4, 0.5) is 28.7 Å². The molecule has 19 heteroatoms. The molecule has 6 saturated heterocycles. The first-order valence-electron chi connectivity index (χ1n) is 36.0. The van der Waals surface area contributed by atoms with Crippen molar-refractivity contribution in [1.82, 2.24) is 45.5 Å². The van der Waals surface area contributed by atoms with E-state index in [1.165, 1.54) is 165 Å². The summed E-state index contributed by atoms with van der Waals surface area (Å²) >= 11 is 0. The van der Waals surface area contributed by atoms with Gasteiger partial charge < -0.3 is 58.1 Å². The second-order valence-corrected chi connectivity index (χ2v) is 28.6. The molecule has 6 fully saturated rings. The lowest BCUT2D eigenvalue weighted by atomic mass is 9.91. The van der Waals surface area contributed by atoms with Crippen LogP contribution in [0.5, 0.6) is 0 Å². The van der Waals surface area contributed by atoms with Gasteiger partial charge >= 0.3 is 0 Å². The molecule has 0 radical (unpaired) electrons. The molecule has 0 amide bonds. The number of aryl methyl sites for hydroxylation is 3. The van der Waals surface area contributed by atoms with Crippen LogP contribution in [0.3, 0.4) is 0 Å². The monoisotopic (exact) mass is 1340 g/mol. The number of nitrogens with zero attached hydrogens (tertiary/aromatic N) is 13. The lowest BCUT2D eigenvalue weighted by Crippen LogP contribution is -2.34. The van der Waals surface area contributed by atoms with Gasteiger partial charge in [-0.2, -0.15) is 0 Å². The molecule has 0 spiro atoms. The number of hydrogen-bond donors (Lipinski definition) is 1. The molecule has 11 heterocycles. The number of fused-ring (bicyclic) bond motifs is 3. The van der Waals surface area contributed by atoms with E-state index in [-0.39, 0.29) is 24.8 Å². The minimum absolute atomic E-state index is 0. The maximum Gasteiger partial charge on any atom is 0.173 e. The highest BCUT2D eigenvalue weighted by molar-refractivity contribution is 5.89. The number of pyridine rings is 2. The molecule has 3 aromatic carbocycles. The van der Waals surface area contributed by atoms with Crippen molar-refractivity contribution in [3.8, 4) is 0 Å². The third-order valence-corrected chi connectivity index (χ3v) is 20.9. The van der Waals surface area contributed by atoms with Crippen LogP contribution in [0, 0.1) is 17.8 Å². The van der Waals surface area contributed by atoms with E-state index in [4.69, 9.17) is 13.6 Å². The summed E-state index contributed by atoms with van der Waals surface area (Å²) in [5.74, 6) is 4.52. The SMILES string of the molecule is CN(C)Cc1c(N2CCCCC2)ccc2c(CCC3CCN(c4ccccn4)CC3)noc12.CN(C)Cc1c(N2CCCCC2)ccc2c(CCC3CCN(c4ccccn4)CC3)noc12.CN(C)Cc1c(N2CCCCC2)ccc2c(CCC3CCNCC3)noc12.Cl.Cl. The Morgan fingerprint density at radius 2 is 0.695 bits per heavy atom. The smallest absolute Gasteiger partial charge is 0.173 e. The zero-order chi connectivity index (χ0) is 63.9. The molecule has 0 unspecified atom stereocenters. The van der Waals surface area contributed by atoms with Crippen LogP contribution in [0.15, 0.2) is 98.8 Å². The number of aromatic nitrogens is 5. The molecule has 0 atom stereocenters. The second-order valence-electron chi connectivity index (χ2n) is 28.6. The number of halogens is 2. The van der Waals surface area contributed by atoms with E-state index in [9.17, 15) is 0 Å². The zero-order valence-electron chi connectivity index (χ0n) is 58.1. The van der Waals surface area contributed by atoms with E-state index in [2.05, 4.69) is 173 Å². The Kier molecular flexibility index (Phi) is 26.6. The first-order valence-corrected chi connectivity index (χ1v) is 36.0. The number of piperidine rings is 6. The third-order valence-electron chi connectivity index (χ3n) is 20.9. The van der Waals surface area contributed by atoms with E-state index < -0.39 is 0 Å². The van der Waals surface area contributed by atoms with Crippen LogP contribution in [-0.4, -0.2) is 161 Å². The first kappa shape index (κ1) is 71.6.